The number of benzene rings is 2. The lowest BCUT2D eigenvalue weighted by atomic mass is 10.1. The third-order valence-corrected chi connectivity index (χ3v) is 3.75. The minimum Gasteiger partial charge on any atom is -0.383 e. The first-order valence-corrected chi connectivity index (χ1v) is 8.52. The molecule has 2 rings (SSSR count). The van der Waals surface area contributed by atoms with Gasteiger partial charge in [-0.3, -0.25) is 14.4 Å². The van der Waals surface area contributed by atoms with Crippen LogP contribution in [0.25, 0.3) is 0 Å². The van der Waals surface area contributed by atoms with Gasteiger partial charge < -0.3 is 20.7 Å². The Labute approximate surface area is 158 Å². The van der Waals surface area contributed by atoms with Crippen molar-refractivity contribution in [3.63, 3.8) is 0 Å². The van der Waals surface area contributed by atoms with Crippen molar-refractivity contribution in [3.05, 3.63) is 65.2 Å². The number of amides is 3. The molecule has 0 saturated carbocycles. The highest BCUT2D eigenvalue weighted by Crippen LogP contribution is 2.15. The topological polar surface area (TPSA) is 96.5 Å². The van der Waals surface area contributed by atoms with Crippen molar-refractivity contribution in [1.82, 2.24) is 10.6 Å². The molecule has 0 spiro atoms. The molecule has 0 radical (unpaired) electrons. The summed E-state index contributed by atoms with van der Waals surface area (Å²) in [5.41, 5.74) is 2.63. The van der Waals surface area contributed by atoms with E-state index in [-0.39, 0.29) is 23.7 Å². The van der Waals surface area contributed by atoms with E-state index in [1.165, 1.54) is 7.11 Å². The number of ether oxygens (including phenoxy) is 1. The van der Waals surface area contributed by atoms with Crippen LogP contribution >= 0.6 is 0 Å². The number of para-hydroxylation sites is 1. The van der Waals surface area contributed by atoms with Gasteiger partial charge >= 0.3 is 11.8 Å². The molecule has 0 atom stereocenters. The van der Waals surface area contributed by atoms with Crippen molar-refractivity contribution in [2.45, 2.75) is 13.5 Å². The molecule has 27 heavy (non-hydrogen) atoms. The fourth-order valence-electron chi connectivity index (χ4n) is 2.42. The van der Waals surface area contributed by atoms with Crippen LogP contribution in [-0.2, 0) is 20.9 Å². The van der Waals surface area contributed by atoms with E-state index in [1.807, 2.05) is 31.2 Å². The zero-order chi connectivity index (χ0) is 19.6. The molecule has 3 amide bonds. The van der Waals surface area contributed by atoms with Gasteiger partial charge in [0.25, 0.3) is 5.91 Å². The van der Waals surface area contributed by atoms with E-state index in [0.29, 0.717) is 13.2 Å². The van der Waals surface area contributed by atoms with E-state index in [0.717, 1.165) is 11.1 Å². The molecule has 0 bridgehead atoms. The van der Waals surface area contributed by atoms with Crippen molar-refractivity contribution >= 4 is 23.4 Å². The molecule has 0 aliphatic carbocycles. The van der Waals surface area contributed by atoms with Gasteiger partial charge in [-0.1, -0.05) is 42.0 Å². The average Bonchev–Trinajstić information content (AvgIpc) is 2.66. The van der Waals surface area contributed by atoms with Crippen molar-refractivity contribution in [1.29, 1.82) is 0 Å². The Balaban J connectivity index is 2.00. The Morgan fingerprint density at radius 3 is 2.48 bits per heavy atom. The summed E-state index contributed by atoms with van der Waals surface area (Å²) in [4.78, 5) is 36.3. The number of hydrogen-bond acceptors (Lipinski definition) is 4. The van der Waals surface area contributed by atoms with Crippen LogP contribution in [-0.4, -0.2) is 38.0 Å². The van der Waals surface area contributed by atoms with Gasteiger partial charge in [0, 0.05) is 20.2 Å². The Bertz CT molecular complexity index is 820. The number of anilines is 1. The van der Waals surface area contributed by atoms with Gasteiger partial charge in [-0.05, 0) is 24.6 Å². The van der Waals surface area contributed by atoms with Crippen LogP contribution in [0.5, 0.6) is 0 Å². The monoisotopic (exact) mass is 369 g/mol. The molecule has 0 saturated heterocycles. The van der Waals surface area contributed by atoms with E-state index >= 15 is 0 Å². The molecule has 0 aliphatic heterocycles. The number of rotatable bonds is 7. The second-order valence-electron chi connectivity index (χ2n) is 5.92. The van der Waals surface area contributed by atoms with Crippen LogP contribution in [0.2, 0.25) is 0 Å². The minimum absolute atomic E-state index is 0.224. The van der Waals surface area contributed by atoms with Crippen molar-refractivity contribution in [2.75, 3.05) is 25.6 Å². The quantitative estimate of drug-likeness (QED) is 0.510. The number of carbonyl (C=O) groups is 3. The van der Waals surface area contributed by atoms with Crippen molar-refractivity contribution in [3.8, 4) is 0 Å². The van der Waals surface area contributed by atoms with E-state index < -0.39 is 11.8 Å². The Morgan fingerprint density at radius 2 is 1.74 bits per heavy atom. The van der Waals surface area contributed by atoms with Gasteiger partial charge in [-0.25, -0.2) is 0 Å². The van der Waals surface area contributed by atoms with E-state index in [1.54, 1.807) is 24.3 Å². The predicted molar refractivity (Wildman–Crippen MR) is 102 cm³/mol. The van der Waals surface area contributed by atoms with E-state index in [9.17, 15) is 14.4 Å². The summed E-state index contributed by atoms with van der Waals surface area (Å²) in [6.45, 7) is 2.87. The SMILES string of the molecule is COCCNC(=O)C(=O)Nc1ccccc1C(=O)NCc1cccc(C)c1. The summed E-state index contributed by atoms with van der Waals surface area (Å²) in [7, 11) is 1.50. The summed E-state index contributed by atoms with van der Waals surface area (Å²) in [6.07, 6.45) is 0. The minimum atomic E-state index is -0.843. The smallest absolute Gasteiger partial charge is 0.313 e. The second kappa shape index (κ2) is 10.1. The molecular weight excluding hydrogens is 346 g/mol. The van der Waals surface area contributed by atoms with Gasteiger partial charge in [-0.2, -0.15) is 0 Å². The Kier molecular flexibility index (Phi) is 7.51. The molecule has 0 heterocycles. The highest BCUT2D eigenvalue weighted by molar-refractivity contribution is 6.40. The first-order chi connectivity index (χ1) is 13.0. The van der Waals surface area contributed by atoms with Crippen LogP contribution in [0.15, 0.2) is 48.5 Å². The molecular formula is C20H23N3O4. The zero-order valence-corrected chi connectivity index (χ0v) is 15.4. The normalized spacial score (nSPS) is 10.1. The molecule has 142 valence electrons. The molecule has 2 aromatic carbocycles. The summed E-state index contributed by atoms with van der Waals surface area (Å²) in [6, 6.07) is 14.3. The van der Waals surface area contributed by atoms with Gasteiger partial charge in [0.15, 0.2) is 0 Å². The molecule has 0 aromatic heterocycles. The largest absolute Gasteiger partial charge is 0.383 e. The first-order valence-electron chi connectivity index (χ1n) is 8.52. The summed E-state index contributed by atoms with van der Waals surface area (Å²) >= 11 is 0. The zero-order valence-electron chi connectivity index (χ0n) is 15.4. The Morgan fingerprint density at radius 1 is 0.963 bits per heavy atom. The maximum absolute atomic E-state index is 12.5. The molecule has 0 aliphatic rings. The third-order valence-electron chi connectivity index (χ3n) is 3.75. The van der Waals surface area contributed by atoms with Crippen molar-refractivity contribution < 1.29 is 19.1 Å². The lowest BCUT2D eigenvalue weighted by Gasteiger charge is -2.12. The number of hydrogen-bond donors (Lipinski definition) is 3. The lowest BCUT2D eigenvalue weighted by molar-refractivity contribution is -0.136. The molecule has 7 nitrogen and oxygen atoms in total. The standard InChI is InChI=1S/C20H23N3O4/c1-14-6-5-7-15(12-14)13-22-18(24)16-8-3-4-9-17(16)23-20(26)19(25)21-10-11-27-2/h3-9,12H,10-11,13H2,1-2H3,(H,21,25)(H,22,24)(H,23,26). The fourth-order valence-corrected chi connectivity index (χ4v) is 2.42. The van der Waals surface area contributed by atoms with Crippen LogP contribution in [0.1, 0.15) is 21.5 Å². The third kappa shape index (κ3) is 6.23. The van der Waals surface area contributed by atoms with Gasteiger partial charge in [0.05, 0.1) is 17.9 Å². The molecule has 0 unspecified atom stereocenters. The van der Waals surface area contributed by atoms with Gasteiger partial charge in [-0.15, -0.1) is 0 Å². The van der Waals surface area contributed by atoms with E-state index in [2.05, 4.69) is 16.0 Å². The maximum Gasteiger partial charge on any atom is 0.313 e. The number of nitrogens with one attached hydrogen (secondary N) is 3. The number of aryl methyl sites for hydroxylation is 1. The first kappa shape index (κ1) is 20.1. The van der Waals surface area contributed by atoms with Crippen LogP contribution in [0.3, 0.4) is 0 Å². The van der Waals surface area contributed by atoms with Crippen LogP contribution in [0, 0.1) is 6.92 Å². The fraction of sp³-hybridized carbons (Fsp3) is 0.250. The highest BCUT2D eigenvalue weighted by Gasteiger charge is 2.17. The average molecular weight is 369 g/mol. The van der Waals surface area contributed by atoms with E-state index in [4.69, 9.17) is 4.74 Å². The van der Waals surface area contributed by atoms with Crippen LogP contribution < -0.4 is 16.0 Å². The summed E-state index contributed by atoms with van der Waals surface area (Å²) in [5, 5.41) is 7.72. The molecule has 7 heteroatoms. The number of methoxy groups -OCH3 is 1. The lowest BCUT2D eigenvalue weighted by Crippen LogP contribution is -2.37. The molecule has 3 N–H and O–H groups in total. The second-order valence-corrected chi connectivity index (χ2v) is 5.92. The van der Waals surface area contributed by atoms with Gasteiger partial charge in [0.2, 0.25) is 0 Å². The highest BCUT2D eigenvalue weighted by atomic mass is 16.5. The molecule has 0 fully saturated rings. The van der Waals surface area contributed by atoms with Crippen LogP contribution in [0.4, 0.5) is 5.69 Å². The molecule has 2 aromatic rings. The van der Waals surface area contributed by atoms with Gasteiger partial charge in [0.1, 0.15) is 0 Å². The predicted octanol–water partition coefficient (Wildman–Crippen LogP) is 1.63. The van der Waals surface area contributed by atoms with Crippen molar-refractivity contribution in [2.24, 2.45) is 0 Å². The summed E-state index contributed by atoms with van der Waals surface area (Å²) < 4.78 is 4.81. The Hall–Kier alpha value is -3.19. The number of carbonyl (C=O) groups excluding carboxylic acids is 3. The maximum atomic E-state index is 12.5. The summed E-state index contributed by atoms with van der Waals surface area (Å²) in [5.74, 6) is -1.97.